The molecule has 0 atom stereocenters. The number of morpholine rings is 1. The molecule has 2 amide bonds. The van der Waals surface area contributed by atoms with E-state index in [1.165, 1.54) is 18.3 Å². The number of nitrogens with zero attached hydrogens (tertiary/aromatic N) is 2. The number of aromatic nitrogens is 1. The highest BCUT2D eigenvalue weighted by Crippen LogP contribution is 2.20. The minimum absolute atomic E-state index is 0.186. The van der Waals surface area contributed by atoms with E-state index in [1.807, 2.05) is 29.2 Å². The molecule has 4 rings (SSSR count). The summed E-state index contributed by atoms with van der Waals surface area (Å²) < 4.78 is 25.3. The van der Waals surface area contributed by atoms with Gasteiger partial charge in [-0.2, -0.15) is 0 Å². The SMILES string of the molecule is NC(=O)c1cc(COc2cccc(CCNC(=O)c3cc(F)cc(N4CCOCC4)c3)c2)ccn1. The highest BCUT2D eigenvalue weighted by atomic mass is 19.1. The van der Waals surface area contributed by atoms with Crippen molar-refractivity contribution in [2.45, 2.75) is 13.0 Å². The van der Waals surface area contributed by atoms with Crippen molar-refractivity contribution in [3.8, 4) is 5.75 Å². The summed E-state index contributed by atoms with van der Waals surface area (Å²) in [6.45, 7) is 3.13. The number of nitrogens with one attached hydrogen (secondary N) is 1. The topological polar surface area (TPSA) is 107 Å². The number of anilines is 1. The van der Waals surface area contributed by atoms with E-state index < -0.39 is 11.7 Å². The minimum atomic E-state index is -0.591. The fourth-order valence-corrected chi connectivity index (χ4v) is 3.79. The largest absolute Gasteiger partial charge is 0.489 e. The van der Waals surface area contributed by atoms with Crippen molar-refractivity contribution < 1.29 is 23.5 Å². The van der Waals surface area contributed by atoms with Gasteiger partial charge in [0.25, 0.3) is 11.8 Å². The fourth-order valence-electron chi connectivity index (χ4n) is 3.79. The quantitative estimate of drug-likeness (QED) is 0.490. The second-order valence-electron chi connectivity index (χ2n) is 8.15. The number of primary amides is 1. The molecule has 1 saturated heterocycles. The molecule has 0 aliphatic carbocycles. The van der Waals surface area contributed by atoms with Crippen LogP contribution in [0.1, 0.15) is 32.0 Å². The molecular weight excluding hydrogens is 451 g/mol. The first kappa shape index (κ1) is 24.2. The number of carbonyl (C=O) groups is 2. The van der Waals surface area contributed by atoms with Gasteiger partial charge in [-0.15, -0.1) is 0 Å². The van der Waals surface area contributed by atoms with Crippen molar-refractivity contribution >= 4 is 17.5 Å². The van der Waals surface area contributed by atoms with Crippen molar-refractivity contribution in [1.29, 1.82) is 0 Å². The Labute approximate surface area is 202 Å². The minimum Gasteiger partial charge on any atom is -0.489 e. The smallest absolute Gasteiger partial charge is 0.267 e. The molecule has 0 unspecified atom stereocenters. The molecule has 182 valence electrons. The molecule has 1 aliphatic heterocycles. The van der Waals surface area contributed by atoms with Gasteiger partial charge in [-0.1, -0.05) is 12.1 Å². The molecule has 2 heterocycles. The molecule has 0 bridgehead atoms. The average molecular weight is 479 g/mol. The summed E-state index contributed by atoms with van der Waals surface area (Å²) in [5.74, 6) is -0.700. The maximum Gasteiger partial charge on any atom is 0.267 e. The molecule has 1 aliphatic rings. The highest BCUT2D eigenvalue weighted by molar-refractivity contribution is 5.95. The van der Waals surface area contributed by atoms with Crippen LogP contribution < -0.4 is 20.7 Å². The van der Waals surface area contributed by atoms with Gasteiger partial charge in [-0.05, 0) is 60.0 Å². The zero-order valence-electron chi connectivity index (χ0n) is 19.2. The van der Waals surface area contributed by atoms with Gasteiger partial charge in [0, 0.05) is 37.1 Å². The van der Waals surface area contributed by atoms with Gasteiger partial charge in [0.15, 0.2) is 0 Å². The summed E-state index contributed by atoms with van der Waals surface area (Å²) in [6, 6.07) is 15.3. The molecule has 0 spiro atoms. The van der Waals surface area contributed by atoms with Crippen LogP contribution in [-0.4, -0.2) is 49.6 Å². The number of hydrogen-bond donors (Lipinski definition) is 2. The maximum atomic E-state index is 14.2. The zero-order chi connectivity index (χ0) is 24.6. The van der Waals surface area contributed by atoms with Crippen LogP contribution in [0.15, 0.2) is 60.8 Å². The van der Waals surface area contributed by atoms with Gasteiger partial charge in [0.2, 0.25) is 0 Å². The first-order valence-corrected chi connectivity index (χ1v) is 11.4. The van der Waals surface area contributed by atoms with Gasteiger partial charge in [0.05, 0.1) is 13.2 Å². The third-order valence-electron chi connectivity index (χ3n) is 5.60. The highest BCUT2D eigenvalue weighted by Gasteiger charge is 2.15. The third kappa shape index (κ3) is 6.77. The lowest BCUT2D eigenvalue weighted by molar-refractivity contribution is 0.0952. The van der Waals surface area contributed by atoms with E-state index in [4.69, 9.17) is 15.2 Å². The first-order chi connectivity index (χ1) is 17.0. The predicted molar refractivity (Wildman–Crippen MR) is 129 cm³/mol. The zero-order valence-corrected chi connectivity index (χ0v) is 19.2. The molecule has 1 fully saturated rings. The summed E-state index contributed by atoms with van der Waals surface area (Å²) in [7, 11) is 0. The van der Waals surface area contributed by atoms with E-state index in [0.29, 0.717) is 50.7 Å². The van der Waals surface area contributed by atoms with Crippen LogP contribution in [-0.2, 0) is 17.8 Å². The van der Waals surface area contributed by atoms with E-state index in [0.717, 1.165) is 11.1 Å². The lowest BCUT2D eigenvalue weighted by atomic mass is 10.1. The van der Waals surface area contributed by atoms with Gasteiger partial charge >= 0.3 is 0 Å². The number of carbonyl (C=O) groups excluding carboxylic acids is 2. The Morgan fingerprint density at radius 1 is 1.09 bits per heavy atom. The number of hydrogen-bond acceptors (Lipinski definition) is 6. The van der Waals surface area contributed by atoms with E-state index in [1.54, 1.807) is 18.2 Å². The van der Waals surface area contributed by atoms with Crippen molar-refractivity contribution in [3.63, 3.8) is 0 Å². The number of nitrogens with two attached hydrogens (primary N) is 1. The molecule has 8 nitrogen and oxygen atoms in total. The number of amides is 2. The lowest BCUT2D eigenvalue weighted by Gasteiger charge is -2.29. The summed E-state index contributed by atoms with van der Waals surface area (Å²) in [4.78, 5) is 29.8. The molecule has 2 aromatic carbocycles. The van der Waals surface area contributed by atoms with Crippen LogP contribution in [0, 0.1) is 5.82 Å². The second kappa shape index (κ2) is 11.4. The second-order valence-corrected chi connectivity index (χ2v) is 8.15. The maximum absolute atomic E-state index is 14.2. The standard InChI is InChI=1S/C26H27FN4O4/c27-21-14-20(15-22(16-21)31-8-10-34-11-9-31)26(33)30-7-4-18-2-1-3-23(12-18)35-17-19-5-6-29-24(13-19)25(28)32/h1-3,5-6,12-16H,4,7-11,17H2,(H2,28,32)(H,30,33). The van der Waals surface area contributed by atoms with E-state index in [-0.39, 0.29) is 23.8 Å². The van der Waals surface area contributed by atoms with Gasteiger partial charge < -0.3 is 25.4 Å². The van der Waals surface area contributed by atoms with Crippen LogP contribution in [0.4, 0.5) is 10.1 Å². The van der Waals surface area contributed by atoms with Crippen molar-refractivity contribution in [3.05, 3.63) is 89.0 Å². The van der Waals surface area contributed by atoms with Gasteiger partial charge in [0.1, 0.15) is 23.9 Å². The molecule has 1 aromatic heterocycles. The first-order valence-electron chi connectivity index (χ1n) is 11.4. The van der Waals surface area contributed by atoms with Crippen LogP contribution in [0.25, 0.3) is 0 Å². The van der Waals surface area contributed by atoms with Crippen LogP contribution in [0.3, 0.4) is 0 Å². The normalized spacial score (nSPS) is 13.3. The van der Waals surface area contributed by atoms with Crippen LogP contribution >= 0.6 is 0 Å². The number of pyridine rings is 1. The van der Waals surface area contributed by atoms with Gasteiger partial charge in [-0.25, -0.2) is 4.39 Å². The Bertz CT molecular complexity index is 1200. The summed E-state index contributed by atoms with van der Waals surface area (Å²) in [5.41, 5.74) is 8.17. The molecule has 35 heavy (non-hydrogen) atoms. The molecule has 3 aromatic rings. The van der Waals surface area contributed by atoms with E-state index >= 15 is 0 Å². The number of rotatable bonds is 9. The van der Waals surface area contributed by atoms with Gasteiger partial charge in [-0.3, -0.25) is 14.6 Å². The summed E-state index contributed by atoms with van der Waals surface area (Å²) in [5, 5.41) is 2.86. The molecule has 0 saturated carbocycles. The van der Waals surface area contributed by atoms with Crippen LogP contribution in [0.2, 0.25) is 0 Å². The Kier molecular flexibility index (Phi) is 7.89. The number of benzene rings is 2. The summed E-state index contributed by atoms with van der Waals surface area (Å²) in [6.07, 6.45) is 2.09. The van der Waals surface area contributed by atoms with E-state index in [9.17, 15) is 14.0 Å². The molecule has 3 N–H and O–H groups in total. The van der Waals surface area contributed by atoms with E-state index in [2.05, 4.69) is 10.3 Å². The third-order valence-corrected chi connectivity index (χ3v) is 5.60. The Balaban J connectivity index is 1.30. The fraction of sp³-hybridized carbons (Fsp3) is 0.269. The monoisotopic (exact) mass is 478 g/mol. The summed E-state index contributed by atoms with van der Waals surface area (Å²) >= 11 is 0. The Morgan fingerprint density at radius 2 is 1.91 bits per heavy atom. The Morgan fingerprint density at radius 3 is 2.71 bits per heavy atom. The average Bonchev–Trinajstić information content (AvgIpc) is 2.88. The van der Waals surface area contributed by atoms with Crippen molar-refractivity contribution in [2.24, 2.45) is 5.73 Å². The number of ether oxygens (including phenoxy) is 2. The molecular formula is C26H27FN4O4. The van der Waals surface area contributed by atoms with Crippen molar-refractivity contribution in [2.75, 3.05) is 37.7 Å². The van der Waals surface area contributed by atoms with Crippen LogP contribution in [0.5, 0.6) is 5.75 Å². The van der Waals surface area contributed by atoms with Crippen molar-refractivity contribution in [1.82, 2.24) is 10.3 Å². The lowest BCUT2D eigenvalue weighted by Crippen LogP contribution is -2.36. The Hall–Kier alpha value is -3.98. The molecule has 9 heteroatoms. The number of halogens is 1. The predicted octanol–water partition coefficient (Wildman–Crippen LogP) is 2.71. The molecule has 0 radical (unpaired) electrons.